The summed E-state index contributed by atoms with van der Waals surface area (Å²) < 4.78 is 36.9. The highest BCUT2D eigenvalue weighted by Gasteiger charge is 2.32. The van der Waals surface area contributed by atoms with Gasteiger partial charge in [-0.2, -0.15) is 13.2 Å². The highest BCUT2D eigenvalue weighted by Crippen LogP contribution is 2.24. The predicted molar refractivity (Wildman–Crippen MR) is 68.9 cm³/mol. The van der Waals surface area contributed by atoms with Crippen molar-refractivity contribution >= 4 is 0 Å². The van der Waals surface area contributed by atoms with Crippen LogP contribution in [0.1, 0.15) is 25.7 Å². The molecule has 19 heavy (non-hydrogen) atoms. The van der Waals surface area contributed by atoms with E-state index in [4.69, 9.17) is 5.73 Å². The predicted octanol–water partition coefficient (Wildman–Crippen LogP) is 1.68. The van der Waals surface area contributed by atoms with Crippen molar-refractivity contribution in [2.24, 2.45) is 11.7 Å². The number of hydrogen-bond acceptors (Lipinski definition) is 3. The summed E-state index contributed by atoms with van der Waals surface area (Å²) in [6.45, 7) is 2.69. The van der Waals surface area contributed by atoms with E-state index in [1.165, 1.54) is 24.2 Å². The lowest BCUT2D eigenvalue weighted by molar-refractivity contribution is -0.149. The first-order chi connectivity index (χ1) is 8.94. The molecule has 0 bridgehead atoms. The fraction of sp³-hybridized carbons (Fsp3) is 1.00. The number of rotatable bonds is 3. The van der Waals surface area contributed by atoms with Crippen LogP contribution in [0.15, 0.2) is 0 Å². The third-order valence-electron chi connectivity index (χ3n) is 4.33. The van der Waals surface area contributed by atoms with E-state index in [0.29, 0.717) is 19.0 Å². The molecule has 0 aromatic carbocycles. The molecule has 1 saturated heterocycles. The average molecular weight is 279 g/mol. The average Bonchev–Trinajstić information content (AvgIpc) is 2.33. The van der Waals surface area contributed by atoms with E-state index in [1.54, 1.807) is 0 Å². The minimum atomic E-state index is -4.08. The van der Waals surface area contributed by atoms with Crippen LogP contribution < -0.4 is 5.73 Å². The van der Waals surface area contributed by atoms with Crippen LogP contribution in [0.5, 0.6) is 0 Å². The maximum absolute atomic E-state index is 12.3. The van der Waals surface area contributed by atoms with Crippen molar-refractivity contribution in [3.05, 3.63) is 0 Å². The van der Waals surface area contributed by atoms with Gasteiger partial charge in [0.1, 0.15) is 0 Å². The van der Waals surface area contributed by atoms with Crippen molar-refractivity contribution in [1.82, 2.24) is 9.80 Å². The Morgan fingerprint density at radius 2 is 1.53 bits per heavy atom. The van der Waals surface area contributed by atoms with Crippen molar-refractivity contribution in [3.8, 4) is 0 Å². The van der Waals surface area contributed by atoms with Crippen molar-refractivity contribution in [2.45, 2.75) is 37.9 Å². The standard InChI is InChI=1S/C13H24F3N3/c14-13(15,16)10-19-7-5-18(6-8-19)9-11-3-1-2-4-12(11)17/h11-12H,1-10,17H2. The van der Waals surface area contributed by atoms with Crippen LogP contribution >= 0.6 is 0 Å². The van der Waals surface area contributed by atoms with Gasteiger partial charge in [-0.05, 0) is 18.8 Å². The molecular weight excluding hydrogens is 255 g/mol. The summed E-state index contributed by atoms with van der Waals surface area (Å²) in [6, 6.07) is 0.280. The molecule has 0 spiro atoms. The van der Waals surface area contributed by atoms with Gasteiger partial charge in [0.15, 0.2) is 0 Å². The van der Waals surface area contributed by atoms with E-state index >= 15 is 0 Å². The Morgan fingerprint density at radius 3 is 2.11 bits per heavy atom. The molecule has 2 N–H and O–H groups in total. The van der Waals surface area contributed by atoms with Gasteiger partial charge in [0.05, 0.1) is 6.54 Å². The summed E-state index contributed by atoms with van der Waals surface area (Å²) in [4.78, 5) is 3.78. The van der Waals surface area contributed by atoms with E-state index in [1.807, 2.05) is 0 Å². The first-order valence-corrected chi connectivity index (χ1v) is 7.21. The van der Waals surface area contributed by atoms with Crippen LogP contribution in [0, 0.1) is 5.92 Å². The van der Waals surface area contributed by atoms with Gasteiger partial charge in [0.2, 0.25) is 0 Å². The molecule has 3 nitrogen and oxygen atoms in total. The lowest BCUT2D eigenvalue weighted by atomic mass is 9.84. The molecule has 0 radical (unpaired) electrons. The Labute approximate surface area is 112 Å². The molecule has 1 heterocycles. The second kappa shape index (κ2) is 6.41. The molecular formula is C13H24F3N3. The quantitative estimate of drug-likeness (QED) is 0.853. The Hall–Kier alpha value is -0.330. The summed E-state index contributed by atoms with van der Waals surface area (Å²) in [6.07, 6.45) is 0.653. The molecule has 2 rings (SSSR count). The van der Waals surface area contributed by atoms with E-state index in [2.05, 4.69) is 4.90 Å². The van der Waals surface area contributed by atoms with Gasteiger partial charge in [-0.25, -0.2) is 0 Å². The molecule has 0 aromatic heterocycles. The van der Waals surface area contributed by atoms with E-state index in [-0.39, 0.29) is 6.04 Å². The Morgan fingerprint density at radius 1 is 0.947 bits per heavy atom. The van der Waals surface area contributed by atoms with Crippen molar-refractivity contribution < 1.29 is 13.2 Å². The molecule has 2 fully saturated rings. The number of alkyl halides is 3. The van der Waals surface area contributed by atoms with Gasteiger partial charge in [-0.15, -0.1) is 0 Å². The summed E-state index contributed by atoms with van der Waals surface area (Å²) in [5.41, 5.74) is 6.12. The Kier molecular flexibility index (Phi) is 5.09. The molecule has 1 saturated carbocycles. The van der Waals surface area contributed by atoms with Crippen LogP contribution in [0.3, 0.4) is 0 Å². The largest absolute Gasteiger partial charge is 0.401 e. The number of hydrogen-bond donors (Lipinski definition) is 1. The van der Waals surface area contributed by atoms with Crippen LogP contribution in [0.2, 0.25) is 0 Å². The summed E-state index contributed by atoms with van der Waals surface area (Å²) in [5, 5.41) is 0. The molecule has 6 heteroatoms. The maximum Gasteiger partial charge on any atom is 0.401 e. The van der Waals surface area contributed by atoms with E-state index < -0.39 is 12.7 Å². The normalized spacial score (nSPS) is 31.6. The third-order valence-corrected chi connectivity index (χ3v) is 4.33. The molecule has 112 valence electrons. The van der Waals surface area contributed by atoms with Gasteiger partial charge < -0.3 is 10.6 Å². The van der Waals surface area contributed by atoms with Crippen molar-refractivity contribution in [3.63, 3.8) is 0 Å². The fourth-order valence-corrected chi connectivity index (χ4v) is 3.18. The third kappa shape index (κ3) is 4.93. The minimum Gasteiger partial charge on any atom is -0.327 e. The van der Waals surface area contributed by atoms with Crippen LogP contribution in [0.4, 0.5) is 13.2 Å². The Bertz CT molecular complexity index is 275. The summed E-state index contributed by atoms with van der Waals surface area (Å²) in [7, 11) is 0. The highest BCUT2D eigenvalue weighted by molar-refractivity contribution is 4.83. The zero-order valence-electron chi connectivity index (χ0n) is 11.3. The van der Waals surface area contributed by atoms with Gasteiger partial charge in [-0.1, -0.05) is 12.8 Å². The van der Waals surface area contributed by atoms with Crippen molar-refractivity contribution in [1.29, 1.82) is 0 Å². The van der Waals surface area contributed by atoms with Crippen LogP contribution in [-0.4, -0.2) is 61.3 Å². The smallest absolute Gasteiger partial charge is 0.327 e. The monoisotopic (exact) mass is 279 g/mol. The minimum absolute atomic E-state index is 0.280. The Balaban J connectivity index is 1.71. The second-order valence-electron chi connectivity index (χ2n) is 5.90. The molecule has 1 aliphatic carbocycles. The molecule has 2 atom stereocenters. The zero-order chi connectivity index (χ0) is 13.9. The van der Waals surface area contributed by atoms with Crippen LogP contribution in [-0.2, 0) is 0 Å². The maximum atomic E-state index is 12.3. The van der Waals surface area contributed by atoms with Crippen LogP contribution in [0.25, 0.3) is 0 Å². The SMILES string of the molecule is NC1CCCCC1CN1CCN(CC(F)(F)F)CC1. The van der Waals surface area contributed by atoms with Gasteiger partial charge in [-0.3, -0.25) is 4.90 Å². The second-order valence-corrected chi connectivity index (χ2v) is 5.90. The first kappa shape index (κ1) is 15.1. The highest BCUT2D eigenvalue weighted by atomic mass is 19.4. The fourth-order valence-electron chi connectivity index (χ4n) is 3.18. The molecule has 2 aliphatic rings. The van der Waals surface area contributed by atoms with E-state index in [0.717, 1.165) is 26.1 Å². The van der Waals surface area contributed by atoms with Gasteiger partial charge >= 0.3 is 6.18 Å². The van der Waals surface area contributed by atoms with Gasteiger partial charge in [0, 0.05) is 38.8 Å². The number of halogens is 3. The first-order valence-electron chi connectivity index (χ1n) is 7.21. The lowest BCUT2D eigenvalue weighted by Gasteiger charge is -2.39. The summed E-state index contributed by atoms with van der Waals surface area (Å²) >= 11 is 0. The van der Waals surface area contributed by atoms with Crippen molar-refractivity contribution in [2.75, 3.05) is 39.3 Å². The molecule has 2 unspecified atom stereocenters. The molecule has 1 aliphatic heterocycles. The number of nitrogens with zero attached hydrogens (tertiary/aromatic N) is 2. The number of nitrogens with two attached hydrogens (primary N) is 1. The van der Waals surface area contributed by atoms with E-state index in [9.17, 15) is 13.2 Å². The molecule has 0 aromatic rings. The topological polar surface area (TPSA) is 32.5 Å². The van der Waals surface area contributed by atoms with Gasteiger partial charge in [0.25, 0.3) is 0 Å². The lowest BCUT2D eigenvalue weighted by Crippen LogP contribution is -2.51. The molecule has 0 amide bonds. The number of piperazine rings is 1. The summed E-state index contributed by atoms with van der Waals surface area (Å²) in [5.74, 6) is 0.530. The zero-order valence-corrected chi connectivity index (χ0v) is 11.3.